The summed E-state index contributed by atoms with van der Waals surface area (Å²) in [6.07, 6.45) is 0. The second-order valence-electron chi connectivity index (χ2n) is 6.36. The fraction of sp³-hybridized carbons (Fsp3) is 0.0952. The van der Waals surface area contributed by atoms with Gasteiger partial charge >= 0.3 is 0 Å². The maximum Gasteiger partial charge on any atom is 0.245 e. The third-order valence-electron chi connectivity index (χ3n) is 4.18. The summed E-state index contributed by atoms with van der Waals surface area (Å²) in [5.74, 6) is -0.541. The first-order valence-corrected chi connectivity index (χ1v) is 11.4. The van der Waals surface area contributed by atoms with E-state index < -0.39 is 22.5 Å². The zero-order chi connectivity index (χ0) is 21.7. The fourth-order valence-electron chi connectivity index (χ4n) is 2.74. The van der Waals surface area contributed by atoms with E-state index in [4.69, 9.17) is 34.8 Å². The van der Waals surface area contributed by atoms with Crippen LogP contribution in [0.2, 0.25) is 15.1 Å². The number of hydrogen-bond donors (Lipinski definition) is 1. The minimum absolute atomic E-state index is 0.0176. The summed E-state index contributed by atoms with van der Waals surface area (Å²) in [4.78, 5) is 12.5. The average Bonchev–Trinajstić information content (AvgIpc) is 2.71. The van der Waals surface area contributed by atoms with Crippen molar-refractivity contribution in [2.45, 2.75) is 11.4 Å². The Labute approximate surface area is 190 Å². The number of hydrogen-bond acceptors (Lipinski definition) is 3. The second kappa shape index (κ2) is 9.81. The van der Waals surface area contributed by atoms with Gasteiger partial charge in [-0.1, -0.05) is 77.3 Å². The van der Waals surface area contributed by atoms with Gasteiger partial charge < -0.3 is 5.32 Å². The molecule has 0 radical (unpaired) electrons. The maximum atomic E-state index is 13.3. The summed E-state index contributed by atoms with van der Waals surface area (Å²) in [6, 6.07) is 19.8. The van der Waals surface area contributed by atoms with Crippen molar-refractivity contribution in [2.75, 3.05) is 11.9 Å². The zero-order valence-electron chi connectivity index (χ0n) is 15.6. The van der Waals surface area contributed by atoms with Crippen LogP contribution in [0.15, 0.2) is 77.7 Å². The van der Waals surface area contributed by atoms with Crippen LogP contribution >= 0.6 is 34.8 Å². The molecule has 0 bridgehead atoms. The van der Waals surface area contributed by atoms with Gasteiger partial charge in [-0.15, -0.1) is 0 Å². The van der Waals surface area contributed by atoms with Crippen LogP contribution in [-0.2, 0) is 21.4 Å². The number of sulfonamides is 1. The lowest BCUT2D eigenvalue weighted by Gasteiger charge is -2.23. The lowest BCUT2D eigenvalue weighted by molar-refractivity contribution is -0.116. The number of rotatable bonds is 7. The summed E-state index contributed by atoms with van der Waals surface area (Å²) in [7, 11) is -4.13. The molecule has 5 nitrogen and oxygen atoms in total. The monoisotopic (exact) mass is 482 g/mol. The van der Waals surface area contributed by atoms with Crippen molar-refractivity contribution in [1.29, 1.82) is 0 Å². The van der Waals surface area contributed by atoms with Crippen molar-refractivity contribution >= 4 is 56.4 Å². The van der Waals surface area contributed by atoms with E-state index in [2.05, 4.69) is 5.32 Å². The third kappa shape index (κ3) is 5.53. The molecule has 0 aromatic heterocycles. The van der Waals surface area contributed by atoms with Crippen molar-refractivity contribution in [2.24, 2.45) is 0 Å². The minimum Gasteiger partial charge on any atom is -0.324 e. The summed E-state index contributed by atoms with van der Waals surface area (Å²) in [5.41, 5.74) is 1.10. The Morgan fingerprint density at radius 3 is 2.23 bits per heavy atom. The Kier molecular flexibility index (Phi) is 7.39. The van der Waals surface area contributed by atoms with Crippen LogP contribution in [0.3, 0.4) is 0 Å². The maximum absolute atomic E-state index is 13.3. The van der Waals surface area contributed by atoms with Gasteiger partial charge in [-0.3, -0.25) is 4.79 Å². The van der Waals surface area contributed by atoms with E-state index in [1.807, 2.05) is 6.07 Å². The summed E-state index contributed by atoms with van der Waals surface area (Å²) in [6.45, 7) is -0.465. The quantitative estimate of drug-likeness (QED) is 0.484. The molecule has 1 amide bonds. The van der Waals surface area contributed by atoms with Crippen LogP contribution < -0.4 is 5.32 Å². The van der Waals surface area contributed by atoms with Crippen molar-refractivity contribution in [1.82, 2.24) is 4.31 Å². The van der Waals surface area contributed by atoms with Crippen molar-refractivity contribution in [3.8, 4) is 0 Å². The molecule has 0 unspecified atom stereocenters. The summed E-state index contributed by atoms with van der Waals surface area (Å²) >= 11 is 18.2. The highest BCUT2D eigenvalue weighted by Crippen LogP contribution is 2.29. The molecule has 1 N–H and O–H groups in total. The van der Waals surface area contributed by atoms with Crippen LogP contribution in [-0.4, -0.2) is 25.2 Å². The molecule has 156 valence electrons. The highest BCUT2D eigenvalue weighted by Gasteiger charge is 2.29. The number of nitrogens with zero attached hydrogens (tertiary/aromatic N) is 1. The molecule has 30 heavy (non-hydrogen) atoms. The average molecular weight is 484 g/mol. The number of carbonyl (C=O) groups is 1. The van der Waals surface area contributed by atoms with E-state index >= 15 is 0 Å². The molecule has 0 heterocycles. The van der Waals surface area contributed by atoms with Gasteiger partial charge in [0, 0.05) is 11.6 Å². The Bertz CT molecular complexity index is 1160. The number of carbonyl (C=O) groups excluding carboxylic acids is 1. The molecule has 0 aliphatic carbocycles. The zero-order valence-corrected chi connectivity index (χ0v) is 18.6. The molecule has 0 saturated heterocycles. The topological polar surface area (TPSA) is 66.5 Å². The molecule has 0 saturated carbocycles. The lowest BCUT2D eigenvalue weighted by atomic mass is 10.2. The molecule has 0 spiro atoms. The van der Waals surface area contributed by atoms with E-state index in [1.54, 1.807) is 48.5 Å². The second-order valence-corrected chi connectivity index (χ2v) is 9.52. The number of nitrogens with one attached hydrogen (secondary N) is 1. The van der Waals surface area contributed by atoms with Gasteiger partial charge in [-0.2, -0.15) is 4.31 Å². The number of amides is 1. The van der Waals surface area contributed by atoms with Crippen molar-refractivity contribution in [3.63, 3.8) is 0 Å². The number of anilines is 1. The predicted molar refractivity (Wildman–Crippen MR) is 121 cm³/mol. The molecule has 9 heteroatoms. The first-order chi connectivity index (χ1) is 14.3. The lowest BCUT2D eigenvalue weighted by Crippen LogP contribution is -2.37. The minimum atomic E-state index is -4.13. The van der Waals surface area contributed by atoms with E-state index in [0.717, 1.165) is 4.31 Å². The molecular formula is C21H17Cl3N2O3S. The van der Waals surface area contributed by atoms with E-state index in [-0.39, 0.29) is 21.5 Å². The van der Waals surface area contributed by atoms with Gasteiger partial charge in [0.1, 0.15) is 4.90 Å². The van der Waals surface area contributed by atoms with Crippen molar-refractivity contribution in [3.05, 3.63) is 93.4 Å². The highest BCUT2D eigenvalue weighted by atomic mass is 35.5. The van der Waals surface area contributed by atoms with Gasteiger partial charge in [0.05, 0.1) is 22.3 Å². The molecule has 0 aliphatic rings. The first kappa shape index (κ1) is 22.6. The smallest absolute Gasteiger partial charge is 0.245 e. The highest BCUT2D eigenvalue weighted by molar-refractivity contribution is 7.89. The van der Waals surface area contributed by atoms with Crippen LogP contribution in [0.5, 0.6) is 0 Å². The van der Waals surface area contributed by atoms with Crippen LogP contribution in [0.4, 0.5) is 5.69 Å². The van der Waals surface area contributed by atoms with E-state index in [0.29, 0.717) is 16.3 Å². The number of benzene rings is 3. The van der Waals surface area contributed by atoms with Crippen LogP contribution in [0.1, 0.15) is 5.56 Å². The van der Waals surface area contributed by atoms with Gasteiger partial charge in [0.25, 0.3) is 0 Å². The Hall–Kier alpha value is -2.09. The van der Waals surface area contributed by atoms with E-state index in [1.165, 1.54) is 18.2 Å². The first-order valence-electron chi connectivity index (χ1n) is 8.81. The molecule has 3 rings (SSSR count). The van der Waals surface area contributed by atoms with Crippen LogP contribution in [0.25, 0.3) is 0 Å². The third-order valence-corrected chi connectivity index (χ3v) is 7.02. The fourth-order valence-corrected chi connectivity index (χ4v) is 5.04. The summed E-state index contributed by atoms with van der Waals surface area (Å²) in [5, 5.41) is 3.23. The molecule has 3 aromatic carbocycles. The van der Waals surface area contributed by atoms with Crippen molar-refractivity contribution < 1.29 is 13.2 Å². The Morgan fingerprint density at radius 2 is 1.53 bits per heavy atom. The van der Waals surface area contributed by atoms with Gasteiger partial charge in [-0.25, -0.2) is 8.42 Å². The van der Waals surface area contributed by atoms with Gasteiger partial charge in [0.15, 0.2) is 0 Å². The normalized spacial score (nSPS) is 11.5. The number of para-hydroxylation sites is 1. The standard InChI is InChI=1S/C21H17Cl3N2O3S/c22-16-10-11-18(24)20(12-16)30(28,29)26(13-15-6-2-1-3-7-15)14-21(27)25-19-9-5-4-8-17(19)23/h1-12H,13-14H2,(H,25,27). The van der Waals surface area contributed by atoms with E-state index in [9.17, 15) is 13.2 Å². The molecule has 0 aliphatic heterocycles. The number of halogens is 3. The largest absolute Gasteiger partial charge is 0.324 e. The Balaban J connectivity index is 1.93. The Morgan fingerprint density at radius 1 is 0.867 bits per heavy atom. The summed E-state index contributed by atoms with van der Waals surface area (Å²) < 4.78 is 27.7. The molecular weight excluding hydrogens is 467 g/mol. The molecule has 3 aromatic rings. The SMILES string of the molecule is O=C(CN(Cc1ccccc1)S(=O)(=O)c1cc(Cl)ccc1Cl)Nc1ccccc1Cl. The molecule has 0 fully saturated rings. The van der Waals surface area contributed by atoms with Gasteiger partial charge in [-0.05, 0) is 35.9 Å². The van der Waals surface area contributed by atoms with Gasteiger partial charge in [0.2, 0.25) is 15.9 Å². The predicted octanol–water partition coefficient (Wildman–Crippen LogP) is 5.48. The van der Waals surface area contributed by atoms with Crippen LogP contribution in [0, 0.1) is 0 Å². The molecule has 0 atom stereocenters.